The zero-order chi connectivity index (χ0) is 35.2. The number of halogens is 4. The van der Waals surface area contributed by atoms with Gasteiger partial charge in [-0.2, -0.15) is 13.2 Å². The summed E-state index contributed by atoms with van der Waals surface area (Å²) in [5.41, 5.74) is 3.57. The first-order chi connectivity index (χ1) is 23.1. The molecule has 3 aromatic heterocycles. The number of nitrogens with one attached hydrogen (secondary N) is 1. The Hall–Kier alpha value is -3.53. The Kier molecular flexibility index (Phi) is 9.83. The number of amides is 1. The fourth-order valence-electron chi connectivity index (χ4n) is 6.78. The lowest BCUT2D eigenvalue weighted by Crippen LogP contribution is -2.47. The molecule has 0 unspecified atom stereocenters. The number of likely N-dealkylation sites (tertiary alicyclic amines) is 1. The molecule has 1 aliphatic carbocycles. The fraction of sp³-hybridized carbons (Fsp3) is 0.455. The Morgan fingerprint density at radius 2 is 1.86 bits per heavy atom. The number of benzene rings is 1. The summed E-state index contributed by atoms with van der Waals surface area (Å²) in [6, 6.07) is 6.96. The highest BCUT2D eigenvalue weighted by molar-refractivity contribution is 7.89. The topological polar surface area (TPSA) is 123 Å². The molecule has 4 heterocycles. The van der Waals surface area contributed by atoms with E-state index in [0.29, 0.717) is 75.1 Å². The summed E-state index contributed by atoms with van der Waals surface area (Å²) in [5, 5.41) is 2.00. The third-order valence-corrected chi connectivity index (χ3v) is 11.0. The van der Waals surface area contributed by atoms with Gasteiger partial charge in [-0.05, 0) is 83.3 Å². The van der Waals surface area contributed by atoms with E-state index in [9.17, 15) is 31.2 Å². The Morgan fingerprint density at radius 3 is 2.55 bits per heavy atom. The third kappa shape index (κ3) is 7.64. The van der Waals surface area contributed by atoms with E-state index < -0.39 is 28.0 Å². The lowest BCUT2D eigenvalue weighted by Gasteiger charge is -2.39. The van der Waals surface area contributed by atoms with Crippen LogP contribution in [0.5, 0.6) is 5.75 Å². The predicted molar refractivity (Wildman–Crippen MR) is 182 cm³/mol. The highest BCUT2D eigenvalue weighted by Gasteiger charge is 2.42. The van der Waals surface area contributed by atoms with E-state index in [1.807, 2.05) is 10.8 Å². The first-order valence-corrected chi connectivity index (χ1v) is 19.0. The Balaban J connectivity index is 1.21. The molecule has 1 aliphatic heterocycles. The Morgan fingerprint density at radius 1 is 1.12 bits per heavy atom. The molecule has 16 heteroatoms. The number of sulfonamides is 1. The second-order valence-corrected chi connectivity index (χ2v) is 15.7. The van der Waals surface area contributed by atoms with Gasteiger partial charge in [-0.3, -0.25) is 19.1 Å². The molecule has 0 radical (unpaired) electrons. The van der Waals surface area contributed by atoms with Crippen molar-refractivity contribution in [1.82, 2.24) is 24.2 Å². The number of aromatic nitrogens is 3. The van der Waals surface area contributed by atoms with Crippen molar-refractivity contribution in [2.24, 2.45) is 5.92 Å². The van der Waals surface area contributed by atoms with Crippen molar-refractivity contribution in [3.05, 3.63) is 73.4 Å². The number of carbonyl (C=O) groups excluding carboxylic acids is 1. The second kappa shape index (κ2) is 13.6. The molecular weight excluding hydrogens is 703 g/mol. The SMILES string of the molecule is Cc1cc(-c2cc(Cl)ccc2OCCn2c(C)nc3c(c2=O)C[C@H](N2CCC(C(F)(F)F)CC2)CC3)c2scc(C(=O)NS(C)(=O)=O)c2n1. The molecule has 0 saturated carbocycles. The maximum Gasteiger partial charge on any atom is 0.391 e. The smallest absolute Gasteiger partial charge is 0.391 e. The van der Waals surface area contributed by atoms with E-state index in [0.717, 1.165) is 18.4 Å². The standard InChI is InChI=1S/C33H35ClF3N5O5S2/c1-18-14-24(30-29(38-18)26(17-48-30)31(43)40-49(3,45)46)23-15-21(34)4-7-28(23)47-13-12-42-19(2)39-27-6-5-22(16-25(27)32(42)44)41-10-8-20(9-11-41)33(35,36)37/h4,7,14-15,17,20,22H,5-6,8-13,16H2,1-3H3,(H,40,43)/t22-/m1/s1. The van der Waals surface area contributed by atoms with Gasteiger partial charge >= 0.3 is 6.18 Å². The van der Waals surface area contributed by atoms with Gasteiger partial charge in [-0.25, -0.2) is 18.1 Å². The summed E-state index contributed by atoms with van der Waals surface area (Å²) in [5.74, 6) is -1.02. The van der Waals surface area contributed by atoms with Gasteiger partial charge in [-0.1, -0.05) is 11.6 Å². The van der Waals surface area contributed by atoms with Gasteiger partial charge < -0.3 is 9.64 Å². The summed E-state index contributed by atoms with van der Waals surface area (Å²) >= 11 is 7.65. The van der Waals surface area contributed by atoms with Crippen LogP contribution < -0.4 is 15.0 Å². The van der Waals surface area contributed by atoms with Crippen LogP contribution in [0, 0.1) is 19.8 Å². The number of piperidine rings is 1. The molecular formula is C33H35ClF3N5O5S2. The number of carbonyl (C=O) groups is 1. The minimum Gasteiger partial charge on any atom is -0.491 e. The molecule has 4 aromatic rings. The Bertz CT molecular complexity index is 2090. The van der Waals surface area contributed by atoms with Crippen molar-refractivity contribution >= 4 is 49.1 Å². The Labute approximate surface area is 290 Å². The maximum absolute atomic E-state index is 13.8. The fourth-order valence-corrected chi connectivity index (χ4v) is 8.42. The molecule has 2 aliphatic rings. The minimum absolute atomic E-state index is 0.00362. The molecule has 262 valence electrons. The number of rotatable bonds is 8. The van der Waals surface area contributed by atoms with Crippen LogP contribution >= 0.6 is 22.9 Å². The average molecular weight is 738 g/mol. The predicted octanol–water partition coefficient (Wildman–Crippen LogP) is 5.69. The number of aryl methyl sites for hydroxylation is 3. The van der Waals surface area contributed by atoms with E-state index >= 15 is 0 Å². The van der Waals surface area contributed by atoms with Gasteiger partial charge in [-0.15, -0.1) is 11.3 Å². The van der Waals surface area contributed by atoms with Crippen LogP contribution in [0.1, 0.15) is 52.4 Å². The monoisotopic (exact) mass is 737 g/mol. The normalized spacial score (nSPS) is 17.7. The van der Waals surface area contributed by atoms with Gasteiger partial charge in [0.1, 0.15) is 18.2 Å². The van der Waals surface area contributed by atoms with Crippen LogP contribution in [-0.4, -0.2) is 71.9 Å². The van der Waals surface area contributed by atoms with Crippen LogP contribution in [0.15, 0.2) is 34.4 Å². The third-order valence-electron chi connectivity index (χ3n) is 9.18. The number of alkyl halides is 3. The number of nitrogens with zero attached hydrogens (tertiary/aromatic N) is 4. The van der Waals surface area contributed by atoms with Crippen molar-refractivity contribution in [3.8, 4) is 16.9 Å². The molecule has 6 rings (SSSR count). The summed E-state index contributed by atoms with van der Waals surface area (Å²) in [4.78, 5) is 37.8. The molecule has 0 spiro atoms. The number of hydrogen-bond donors (Lipinski definition) is 1. The van der Waals surface area contributed by atoms with E-state index in [4.69, 9.17) is 21.3 Å². The van der Waals surface area contributed by atoms with Crippen LogP contribution in [0.4, 0.5) is 13.2 Å². The molecule has 1 aromatic carbocycles. The number of hydrogen-bond acceptors (Lipinski definition) is 9. The molecule has 10 nitrogen and oxygen atoms in total. The lowest BCUT2D eigenvalue weighted by atomic mass is 9.88. The minimum atomic E-state index is -4.17. The first-order valence-electron chi connectivity index (χ1n) is 15.8. The molecule has 1 fully saturated rings. The van der Waals surface area contributed by atoms with Gasteiger partial charge in [0.15, 0.2) is 0 Å². The molecule has 49 heavy (non-hydrogen) atoms. The first kappa shape index (κ1) is 35.3. The summed E-state index contributed by atoms with van der Waals surface area (Å²) in [6.45, 7) is 4.57. The van der Waals surface area contributed by atoms with Gasteiger partial charge in [0, 0.05) is 38.8 Å². The zero-order valence-corrected chi connectivity index (χ0v) is 29.5. The maximum atomic E-state index is 13.8. The van der Waals surface area contributed by atoms with Crippen LogP contribution in [0.3, 0.4) is 0 Å². The summed E-state index contributed by atoms with van der Waals surface area (Å²) in [6.07, 6.45) is -1.33. The van der Waals surface area contributed by atoms with Crippen LogP contribution in [-0.2, 0) is 29.4 Å². The van der Waals surface area contributed by atoms with Gasteiger partial charge in [0.25, 0.3) is 11.5 Å². The largest absolute Gasteiger partial charge is 0.491 e. The molecule has 1 atom stereocenters. The molecule has 1 amide bonds. The number of ether oxygens (including phenoxy) is 1. The second-order valence-electron chi connectivity index (χ2n) is 12.6. The van der Waals surface area contributed by atoms with Crippen molar-refractivity contribution in [2.75, 3.05) is 26.0 Å². The van der Waals surface area contributed by atoms with Crippen molar-refractivity contribution in [3.63, 3.8) is 0 Å². The highest BCUT2D eigenvalue weighted by atomic mass is 35.5. The van der Waals surface area contributed by atoms with Crippen molar-refractivity contribution in [2.45, 2.75) is 64.7 Å². The zero-order valence-electron chi connectivity index (χ0n) is 27.1. The van der Waals surface area contributed by atoms with Crippen LogP contribution in [0.2, 0.25) is 5.02 Å². The molecule has 1 saturated heterocycles. The number of fused-ring (bicyclic) bond motifs is 2. The summed E-state index contributed by atoms with van der Waals surface area (Å²) in [7, 11) is -3.79. The van der Waals surface area contributed by atoms with Gasteiger partial charge in [0.2, 0.25) is 10.0 Å². The molecule has 1 N–H and O–H groups in total. The van der Waals surface area contributed by atoms with Crippen molar-refractivity contribution < 1.29 is 31.1 Å². The summed E-state index contributed by atoms with van der Waals surface area (Å²) < 4.78 is 73.5. The average Bonchev–Trinajstić information content (AvgIpc) is 3.45. The van der Waals surface area contributed by atoms with Crippen LogP contribution in [0.25, 0.3) is 21.3 Å². The number of thiophene rings is 1. The van der Waals surface area contributed by atoms with Crippen molar-refractivity contribution in [1.29, 1.82) is 0 Å². The highest BCUT2D eigenvalue weighted by Crippen LogP contribution is 2.40. The van der Waals surface area contributed by atoms with E-state index in [-0.39, 0.29) is 43.2 Å². The van der Waals surface area contributed by atoms with E-state index in [2.05, 4.69) is 9.88 Å². The van der Waals surface area contributed by atoms with E-state index in [1.54, 1.807) is 42.0 Å². The van der Waals surface area contributed by atoms with Gasteiger partial charge in [0.05, 0.1) is 40.2 Å². The number of pyridine rings is 1. The molecule has 0 bridgehead atoms. The lowest BCUT2D eigenvalue weighted by molar-refractivity contribution is -0.186. The van der Waals surface area contributed by atoms with E-state index in [1.165, 1.54) is 11.3 Å². The quantitative estimate of drug-likeness (QED) is 0.245.